The van der Waals surface area contributed by atoms with Gasteiger partial charge in [-0.1, -0.05) is 13.8 Å². The fourth-order valence-electron chi connectivity index (χ4n) is 2.85. The van der Waals surface area contributed by atoms with Crippen LogP contribution in [0.3, 0.4) is 0 Å². The maximum absolute atomic E-state index is 12.9. The Morgan fingerprint density at radius 2 is 2.13 bits per heavy atom. The largest absolute Gasteiger partial charge is 0.479 e. The zero-order valence-electron chi connectivity index (χ0n) is 13.7. The predicted molar refractivity (Wildman–Crippen MR) is 78.8 cm³/mol. The monoisotopic (exact) mass is 326 g/mol. The number of aliphatic hydroxyl groups excluding tert-OH is 1. The van der Waals surface area contributed by atoms with E-state index in [4.69, 9.17) is 14.0 Å². The molecule has 1 aliphatic rings. The summed E-state index contributed by atoms with van der Waals surface area (Å²) in [4.78, 5) is 26.2. The zero-order valence-corrected chi connectivity index (χ0v) is 13.7. The molecule has 0 radical (unpaired) electrons. The number of nitrogens with zero attached hydrogens (tertiary/aromatic N) is 2. The number of carbonyl (C=O) groups excluding carboxylic acids is 2. The molecule has 0 bridgehead atoms. The number of carbonyl (C=O) groups is 2. The van der Waals surface area contributed by atoms with Gasteiger partial charge >= 0.3 is 5.97 Å². The van der Waals surface area contributed by atoms with Crippen molar-refractivity contribution in [2.75, 3.05) is 20.8 Å². The Morgan fingerprint density at radius 1 is 1.43 bits per heavy atom. The van der Waals surface area contributed by atoms with Gasteiger partial charge in [0, 0.05) is 19.0 Å². The fraction of sp³-hybridized carbons (Fsp3) is 0.667. The highest BCUT2D eigenvalue weighted by atomic mass is 16.5. The van der Waals surface area contributed by atoms with E-state index in [0.29, 0.717) is 5.76 Å². The van der Waals surface area contributed by atoms with E-state index in [2.05, 4.69) is 5.16 Å². The zero-order chi connectivity index (χ0) is 17.1. The molecule has 0 spiro atoms. The van der Waals surface area contributed by atoms with E-state index in [1.807, 2.05) is 13.8 Å². The Balaban J connectivity index is 2.28. The third-order valence-corrected chi connectivity index (χ3v) is 3.99. The average molecular weight is 326 g/mol. The summed E-state index contributed by atoms with van der Waals surface area (Å²) in [6.07, 6.45) is -0.580. The lowest BCUT2D eigenvalue weighted by Gasteiger charge is -2.27. The number of rotatable bonds is 5. The summed E-state index contributed by atoms with van der Waals surface area (Å²) in [6.45, 7) is 3.83. The molecule has 1 saturated heterocycles. The molecule has 8 heteroatoms. The molecule has 23 heavy (non-hydrogen) atoms. The summed E-state index contributed by atoms with van der Waals surface area (Å²) in [5.41, 5.74) is 0. The summed E-state index contributed by atoms with van der Waals surface area (Å²) in [5, 5.41) is 13.6. The lowest BCUT2D eigenvalue weighted by atomic mass is 9.91. The fourth-order valence-corrected chi connectivity index (χ4v) is 2.85. The molecular formula is C15H22N2O6. The van der Waals surface area contributed by atoms with Crippen LogP contribution in [0, 0.1) is 5.92 Å². The first kappa shape index (κ1) is 17.3. The molecule has 0 saturated carbocycles. The number of ether oxygens (including phenoxy) is 2. The molecular weight excluding hydrogens is 304 g/mol. The second-order valence-electron chi connectivity index (χ2n) is 5.91. The van der Waals surface area contributed by atoms with Crippen molar-refractivity contribution in [2.24, 2.45) is 5.92 Å². The first-order valence-corrected chi connectivity index (χ1v) is 7.46. The van der Waals surface area contributed by atoms with Gasteiger partial charge in [0.1, 0.15) is 12.0 Å². The smallest absolute Gasteiger partial charge is 0.328 e. The Kier molecular flexibility index (Phi) is 5.25. The van der Waals surface area contributed by atoms with Crippen molar-refractivity contribution in [3.63, 3.8) is 0 Å². The summed E-state index contributed by atoms with van der Waals surface area (Å²) in [7, 11) is 2.72. The van der Waals surface area contributed by atoms with E-state index in [-0.39, 0.29) is 30.7 Å². The summed E-state index contributed by atoms with van der Waals surface area (Å²) in [5.74, 6) is -0.894. The van der Waals surface area contributed by atoms with Gasteiger partial charge in [-0.05, 0) is 11.1 Å². The van der Waals surface area contributed by atoms with Crippen LogP contribution < -0.4 is 4.74 Å². The summed E-state index contributed by atoms with van der Waals surface area (Å²) in [6, 6.07) is 0.774. The molecule has 1 aliphatic heterocycles. The van der Waals surface area contributed by atoms with E-state index in [1.54, 1.807) is 6.07 Å². The SMILES string of the molecule is COC(=O)[C@@H]1C[C@@H](O)CN1C(=O)C(c1cc(OC)no1)C(C)C. The highest BCUT2D eigenvalue weighted by Gasteiger charge is 2.43. The third kappa shape index (κ3) is 3.47. The van der Waals surface area contributed by atoms with Crippen molar-refractivity contribution in [3.8, 4) is 5.88 Å². The number of esters is 1. The third-order valence-electron chi connectivity index (χ3n) is 3.99. The number of β-amino-alcohol motifs (C(OH)–C–C–N with tert-alkyl or cyclic N) is 1. The lowest BCUT2D eigenvalue weighted by Crippen LogP contribution is -2.44. The summed E-state index contributed by atoms with van der Waals surface area (Å²) >= 11 is 0. The highest BCUT2D eigenvalue weighted by molar-refractivity contribution is 5.89. The van der Waals surface area contributed by atoms with Crippen molar-refractivity contribution in [1.82, 2.24) is 10.1 Å². The minimum Gasteiger partial charge on any atom is -0.479 e. The molecule has 1 aromatic heterocycles. The Bertz CT molecular complexity index is 570. The Morgan fingerprint density at radius 3 is 2.65 bits per heavy atom. The first-order valence-electron chi connectivity index (χ1n) is 7.46. The van der Waals surface area contributed by atoms with E-state index in [0.717, 1.165) is 0 Å². The van der Waals surface area contributed by atoms with Gasteiger partial charge in [-0.2, -0.15) is 0 Å². The highest BCUT2D eigenvalue weighted by Crippen LogP contribution is 2.32. The number of hydrogen-bond donors (Lipinski definition) is 1. The Labute approximate surface area is 134 Å². The van der Waals surface area contributed by atoms with Crippen LogP contribution in [0.1, 0.15) is 31.9 Å². The van der Waals surface area contributed by atoms with Gasteiger partial charge in [0.05, 0.1) is 20.3 Å². The van der Waals surface area contributed by atoms with E-state index >= 15 is 0 Å². The van der Waals surface area contributed by atoms with Crippen LogP contribution in [0.5, 0.6) is 5.88 Å². The number of hydrogen-bond acceptors (Lipinski definition) is 7. The Hall–Kier alpha value is -2.09. The molecule has 1 unspecified atom stereocenters. The van der Waals surface area contributed by atoms with Crippen LogP contribution in [0.25, 0.3) is 0 Å². The second kappa shape index (κ2) is 6.99. The van der Waals surface area contributed by atoms with Gasteiger partial charge in [-0.15, -0.1) is 0 Å². The molecule has 1 aromatic rings. The van der Waals surface area contributed by atoms with E-state index < -0.39 is 24.0 Å². The maximum atomic E-state index is 12.9. The van der Waals surface area contributed by atoms with Crippen molar-refractivity contribution in [1.29, 1.82) is 0 Å². The molecule has 0 aromatic carbocycles. The van der Waals surface area contributed by atoms with Crippen molar-refractivity contribution in [3.05, 3.63) is 11.8 Å². The second-order valence-corrected chi connectivity index (χ2v) is 5.91. The van der Waals surface area contributed by atoms with Gasteiger partial charge in [-0.25, -0.2) is 4.79 Å². The lowest BCUT2D eigenvalue weighted by molar-refractivity contribution is -0.152. The van der Waals surface area contributed by atoms with Crippen LogP contribution in [0.4, 0.5) is 0 Å². The molecule has 2 rings (SSSR count). The number of aromatic nitrogens is 1. The molecule has 8 nitrogen and oxygen atoms in total. The molecule has 128 valence electrons. The van der Waals surface area contributed by atoms with E-state index in [9.17, 15) is 14.7 Å². The summed E-state index contributed by atoms with van der Waals surface area (Å²) < 4.78 is 14.9. The number of amides is 1. The van der Waals surface area contributed by atoms with Crippen molar-refractivity contribution >= 4 is 11.9 Å². The minimum atomic E-state index is -0.784. The average Bonchev–Trinajstić information content (AvgIpc) is 3.12. The predicted octanol–water partition coefficient (Wildman–Crippen LogP) is 0.558. The van der Waals surface area contributed by atoms with Crippen LogP contribution in [-0.4, -0.2) is 59.9 Å². The van der Waals surface area contributed by atoms with Gasteiger partial charge in [0.15, 0.2) is 5.76 Å². The molecule has 1 N–H and O–H groups in total. The van der Waals surface area contributed by atoms with Crippen LogP contribution in [0.15, 0.2) is 10.6 Å². The van der Waals surface area contributed by atoms with Gasteiger partial charge < -0.3 is 24.0 Å². The molecule has 1 amide bonds. The molecule has 3 atom stereocenters. The number of likely N-dealkylation sites (tertiary alicyclic amines) is 1. The number of methoxy groups -OCH3 is 2. The van der Waals surface area contributed by atoms with Crippen LogP contribution >= 0.6 is 0 Å². The van der Waals surface area contributed by atoms with Crippen molar-refractivity contribution in [2.45, 2.75) is 38.3 Å². The number of aliphatic hydroxyl groups is 1. The van der Waals surface area contributed by atoms with E-state index in [1.165, 1.54) is 19.1 Å². The first-order chi connectivity index (χ1) is 10.9. The van der Waals surface area contributed by atoms with Crippen LogP contribution in [-0.2, 0) is 14.3 Å². The topological polar surface area (TPSA) is 102 Å². The molecule has 1 fully saturated rings. The quantitative estimate of drug-likeness (QED) is 0.789. The standard InChI is InChI=1S/C15H22N2O6/c1-8(2)13(11-6-12(21-3)16-23-11)14(19)17-7-9(18)5-10(17)15(20)22-4/h6,8-10,13,18H,5,7H2,1-4H3/t9-,10+,13?/m1/s1. The van der Waals surface area contributed by atoms with Crippen molar-refractivity contribution < 1.29 is 28.7 Å². The normalized spacial score (nSPS) is 22.3. The van der Waals surface area contributed by atoms with Gasteiger partial charge in [0.2, 0.25) is 5.91 Å². The van der Waals surface area contributed by atoms with Gasteiger partial charge in [-0.3, -0.25) is 4.79 Å². The van der Waals surface area contributed by atoms with Crippen LogP contribution in [0.2, 0.25) is 0 Å². The maximum Gasteiger partial charge on any atom is 0.328 e. The minimum absolute atomic E-state index is 0.0869. The molecule has 2 heterocycles. The molecule has 0 aliphatic carbocycles. The van der Waals surface area contributed by atoms with Gasteiger partial charge in [0.25, 0.3) is 5.88 Å².